The Labute approximate surface area is 210 Å². The molecule has 3 aliphatic carbocycles. The van der Waals surface area contributed by atoms with Crippen molar-refractivity contribution in [1.29, 1.82) is 0 Å². The first kappa shape index (κ1) is 24.3. The third-order valence-corrected chi connectivity index (χ3v) is 8.68. The van der Waals surface area contributed by atoms with Crippen molar-refractivity contribution in [2.24, 2.45) is 5.92 Å². The molecule has 3 aromatic carbocycles. The minimum absolute atomic E-state index is 0.0283. The Morgan fingerprint density at radius 2 is 1.53 bits per heavy atom. The number of rotatable bonds is 10. The molecule has 8 heteroatoms. The van der Waals surface area contributed by atoms with Crippen molar-refractivity contribution >= 4 is 21.7 Å². The average molecular weight is 507 g/mol. The molecule has 0 aliphatic heterocycles. The zero-order valence-corrected chi connectivity index (χ0v) is 20.4. The number of amides is 1. The second-order valence-corrected chi connectivity index (χ2v) is 11.6. The van der Waals surface area contributed by atoms with Gasteiger partial charge >= 0.3 is 0 Å². The molecule has 0 radical (unpaired) electrons. The molecule has 2 N–H and O–H groups in total. The molecule has 3 aliphatic rings. The van der Waals surface area contributed by atoms with Crippen molar-refractivity contribution in [3.8, 4) is 0 Å². The fraction of sp³-hybridized carbons (Fsp3) is 0.286. The van der Waals surface area contributed by atoms with Gasteiger partial charge in [0.2, 0.25) is 10.0 Å². The summed E-state index contributed by atoms with van der Waals surface area (Å²) >= 11 is 0. The number of carbonyl (C=O) groups is 2. The van der Waals surface area contributed by atoms with E-state index in [0.717, 1.165) is 24.8 Å². The molecule has 6 rings (SSSR count). The van der Waals surface area contributed by atoms with Crippen LogP contribution in [-0.4, -0.2) is 31.7 Å². The number of sulfonamides is 1. The van der Waals surface area contributed by atoms with Crippen LogP contribution in [0, 0.1) is 11.7 Å². The topological polar surface area (TPSA) is 92.3 Å². The molecule has 186 valence electrons. The standard InChI is InChI=1S/C28H27FN2O4S/c29-23-10-8-22(9-11-23)27(33)30-25(14-19-4-2-1-3-5-19)26(32)15-20-6-12-24(13-7-20)36(34,35)31-28-16-21(17-28)18-28/h1-13,21,25,31H,14-18H2,(H,30,33)/t21?,25-,28?/m1/s1. The lowest BCUT2D eigenvalue weighted by Crippen LogP contribution is -2.67. The average Bonchev–Trinajstić information content (AvgIpc) is 2.82. The van der Waals surface area contributed by atoms with Gasteiger partial charge in [0, 0.05) is 17.5 Å². The van der Waals surface area contributed by atoms with Gasteiger partial charge in [-0.3, -0.25) is 9.59 Å². The number of ketones is 1. The van der Waals surface area contributed by atoms with E-state index in [2.05, 4.69) is 10.0 Å². The molecular formula is C28H27FN2O4S. The normalized spacial score (nSPS) is 21.1. The number of hydrogen-bond donors (Lipinski definition) is 2. The van der Waals surface area contributed by atoms with Crippen LogP contribution in [0.25, 0.3) is 0 Å². The minimum atomic E-state index is -3.61. The van der Waals surface area contributed by atoms with Crippen LogP contribution in [0.3, 0.4) is 0 Å². The number of carbonyl (C=O) groups excluding carboxylic acids is 2. The Kier molecular flexibility index (Phi) is 6.49. The van der Waals surface area contributed by atoms with Gasteiger partial charge in [-0.1, -0.05) is 42.5 Å². The maximum absolute atomic E-state index is 13.3. The molecule has 0 aromatic heterocycles. The van der Waals surface area contributed by atoms with Crippen LogP contribution < -0.4 is 10.0 Å². The van der Waals surface area contributed by atoms with Crippen LogP contribution >= 0.6 is 0 Å². The van der Waals surface area contributed by atoms with E-state index in [0.29, 0.717) is 17.9 Å². The highest BCUT2D eigenvalue weighted by molar-refractivity contribution is 7.89. The Bertz CT molecular complexity index is 1360. The lowest BCUT2D eigenvalue weighted by molar-refractivity contribution is -0.120. The van der Waals surface area contributed by atoms with Crippen molar-refractivity contribution in [3.63, 3.8) is 0 Å². The van der Waals surface area contributed by atoms with Gasteiger partial charge in [0.25, 0.3) is 5.91 Å². The van der Waals surface area contributed by atoms with Gasteiger partial charge in [-0.25, -0.2) is 17.5 Å². The zero-order valence-electron chi connectivity index (χ0n) is 19.6. The van der Waals surface area contributed by atoms with Crippen LogP contribution in [0.2, 0.25) is 0 Å². The van der Waals surface area contributed by atoms with E-state index < -0.39 is 27.8 Å². The first-order valence-corrected chi connectivity index (χ1v) is 13.5. The third kappa shape index (κ3) is 5.24. The SMILES string of the molecule is O=C(N[C@H](Cc1ccccc1)C(=O)Cc1ccc(S(=O)(=O)NC23CC(C2)C3)cc1)c1ccc(F)cc1. The Morgan fingerprint density at radius 1 is 0.889 bits per heavy atom. The Hall–Kier alpha value is -3.36. The maximum Gasteiger partial charge on any atom is 0.251 e. The number of hydrogen-bond acceptors (Lipinski definition) is 4. The largest absolute Gasteiger partial charge is 0.342 e. The second-order valence-electron chi connectivity index (χ2n) is 9.87. The first-order chi connectivity index (χ1) is 17.2. The number of halogens is 1. The molecule has 1 amide bonds. The molecule has 0 spiro atoms. The quantitative estimate of drug-likeness (QED) is 0.438. The van der Waals surface area contributed by atoms with E-state index in [-0.39, 0.29) is 28.2 Å². The van der Waals surface area contributed by atoms with Gasteiger partial charge in [0.15, 0.2) is 5.78 Å². The second kappa shape index (κ2) is 9.59. The zero-order chi connectivity index (χ0) is 25.3. The predicted molar refractivity (Wildman–Crippen MR) is 133 cm³/mol. The van der Waals surface area contributed by atoms with E-state index in [1.54, 1.807) is 12.1 Å². The molecule has 3 fully saturated rings. The molecule has 6 nitrogen and oxygen atoms in total. The third-order valence-electron chi connectivity index (χ3n) is 7.08. The Morgan fingerprint density at radius 3 is 2.11 bits per heavy atom. The fourth-order valence-corrected chi connectivity index (χ4v) is 6.43. The summed E-state index contributed by atoms with van der Waals surface area (Å²) in [6.07, 6.45) is 3.05. The van der Waals surface area contributed by atoms with Crippen molar-refractivity contribution < 1.29 is 22.4 Å². The molecule has 0 heterocycles. The van der Waals surface area contributed by atoms with Crippen molar-refractivity contribution in [2.45, 2.75) is 48.6 Å². The van der Waals surface area contributed by atoms with Gasteiger partial charge in [-0.2, -0.15) is 0 Å². The molecule has 0 saturated heterocycles. The van der Waals surface area contributed by atoms with Gasteiger partial charge in [-0.15, -0.1) is 0 Å². The van der Waals surface area contributed by atoms with Gasteiger partial charge in [0.05, 0.1) is 10.9 Å². The van der Waals surface area contributed by atoms with E-state index in [4.69, 9.17) is 0 Å². The smallest absolute Gasteiger partial charge is 0.251 e. The van der Waals surface area contributed by atoms with Crippen molar-refractivity contribution in [2.75, 3.05) is 0 Å². The monoisotopic (exact) mass is 506 g/mol. The summed E-state index contributed by atoms with van der Waals surface area (Å²) in [7, 11) is -3.61. The van der Waals surface area contributed by atoms with Gasteiger partial charge < -0.3 is 5.32 Å². The number of nitrogens with one attached hydrogen (secondary N) is 2. The number of benzene rings is 3. The maximum atomic E-state index is 13.3. The number of Topliss-reactive ketones (excluding diaryl/α,β-unsaturated/α-hetero) is 1. The van der Waals surface area contributed by atoms with E-state index in [1.807, 2.05) is 30.3 Å². The van der Waals surface area contributed by atoms with E-state index >= 15 is 0 Å². The molecule has 2 bridgehead atoms. The summed E-state index contributed by atoms with van der Waals surface area (Å²) in [6, 6.07) is 20.0. The summed E-state index contributed by atoms with van der Waals surface area (Å²) in [5, 5.41) is 2.78. The molecule has 0 unspecified atom stereocenters. The highest BCUT2D eigenvalue weighted by atomic mass is 32.2. The summed E-state index contributed by atoms with van der Waals surface area (Å²) < 4.78 is 41.6. The predicted octanol–water partition coefficient (Wildman–Crippen LogP) is 3.81. The van der Waals surface area contributed by atoms with Crippen LogP contribution in [0.1, 0.15) is 40.7 Å². The van der Waals surface area contributed by atoms with E-state index in [9.17, 15) is 22.4 Å². The van der Waals surface area contributed by atoms with Gasteiger partial charge in [-0.05, 0) is 79.1 Å². The van der Waals surface area contributed by atoms with Crippen LogP contribution in [0.5, 0.6) is 0 Å². The first-order valence-electron chi connectivity index (χ1n) is 12.0. The lowest BCUT2D eigenvalue weighted by atomic mass is 9.50. The highest BCUT2D eigenvalue weighted by Crippen LogP contribution is 2.57. The fourth-order valence-electron chi connectivity index (χ4n) is 5.00. The molecule has 3 aromatic rings. The highest BCUT2D eigenvalue weighted by Gasteiger charge is 2.58. The molecule has 1 atom stereocenters. The minimum Gasteiger partial charge on any atom is -0.342 e. The summed E-state index contributed by atoms with van der Waals surface area (Å²) in [5.74, 6) is -0.468. The summed E-state index contributed by atoms with van der Waals surface area (Å²) in [5.41, 5.74) is 1.54. The lowest BCUT2D eigenvalue weighted by Gasteiger charge is -2.61. The summed E-state index contributed by atoms with van der Waals surface area (Å²) in [6.45, 7) is 0. The summed E-state index contributed by atoms with van der Waals surface area (Å²) in [4.78, 5) is 26.2. The van der Waals surface area contributed by atoms with Gasteiger partial charge in [0.1, 0.15) is 5.82 Å². The van der Waals surface area contributed by atoms with E-state index in [1.165, 1.54) is 36.4 Å². The van der Waals surface area contributed by atoms with Crippen LogP contribution in [0.4, 0.5) is 4.39 Å². The van der Waals surface area contributed by atoms with Crippen LogP contribution in [-0.2, 0) is 27.7 Å². The van der Waals surface area contributed by atoms with Crippen molar-refractivity contribution in [3.05, 3.63) is 101 Å². The Balaban J connectivity index is 1.28. The molecule has 3 saturated carbocycles. The van der Waals surface area contributed by atoms with Crippen molar-refractivity contribution in [1.82, 2.24) is 10.0 Å². The molecule has 36 heavy (non-hydrogen) atoms. The molecular weight excluding hydrogens is 479 g/mol. The van der Waals surface area contributed by atoms with Crippen LogP contribution in [0.15, 0.2) is 83.8 Å².